The van der Waals surface area contributed by atoms with Crippen LogP contribution in [0.4, 0.5) is 0 Å². The van der Waals surface area contributed by atoms with E-state index in [9.17, 15) is 4.79 Å². The molecule has 1 aromatic rings. The van der Waals surface area contributed by atoms with Gasteiger partial charge in [0.05, 0.1) is 13.2 Å². The molecule has 0 heterocycles. The Balaban J connectivity index is 2.58. The summed E-state index contributed by atoms with van der Waals surface area (Å²) in [7, 11) is 0. The van der Waals surface area contributed by atoms with Crippen LogP contribution in [0.2, 0.25) is 0 Å². The smallest absolute Gasteiger partial charge is 0.320 e. The number of thioether (sulfide) groups is 1. The number of hydrogen-bond donors (Lipinski definition) is 0. The maximum atomic E-state index is 11.6. The molecular weight excluding hydrogens is 258 g/mol. The lowest BCUT2D eigenvalue weighted by Gasteiger charge is -2.20. The predicted molar refractivity (Wildman–Crippen MR) is 80.4 cm³/mol. The summed E-state index contributed by atoms with van der Waals surface area (Å²) in [6.45, 7) is 6.47. The monoisotopic (exact) mass is 281 g/mol. The van der Waals surface area contributed by atoms with Gasteiger partial charge in [0.1, 0.15) is 0 Å². The lowest BCUT2D eigenvalue weighted by Crippen LogP contribution is -2.31. The topological polar surface area (TPSA) is 29.5 Å². The summed E-state index contributed by atoms with van der Waals surface area (Å²) in [5, 5.41) is 0. The van der Waals surface area contributed by atoms with E-state index in [2.05, 4.69) is 42.3 Å². The Morgan fingerprint density at radius 1 is 1.26 bits per heavy atom. The van der Waals surface area contributed by atoms with Crippen molar-refractivity contribution in [1.82, 2.24) is 4.90 Å². The summed E-state index contributed by atoms with van der Waals surface area (Å²) in [4.78, 5) is 14.9. The van der Waals surface area contributed by atoms with Crippen LogP contribution in [0.5, 0.6) is 0 Å². The highest BCUT2D eigenvalue weighted by molar-refractivity contribution is 7.98. The molecule has 19 heavy (non-hydrogen) atoms. The molecule has 0 unspecified atom stereocenters. The van der Waals surface area contributed by atoms with Crippen molar-refractivity contribution in [3.05, 3.63) is 29.8 Å². The Morgan fingerprint density at radius 3 is 2.47 bits per heavy atom. The number of hydrogen-bond acceptors (Lipinski definition) is 4. The molecule has 0 aromatic heterocycles. The third-order valence-corrected chi connectivity index (χ3v) is 3.51. The number of esters is 1. The number of benzene rings is 1. The van der Waals surface area contributed by atoms with Crippen LogP contribution in [0.15, 0.2) is 29.2 Å². The molecular formula is C15H23NO2S. The van der Waals surface area contributed by atoms with Gasteiger partial charge in [-0.25, -0.2) is 0 Å². The van der Waals surface area contributed by atoms with E-state index in [0.29, 0.717) is 13.2 Å². The predicted octanol–water partition coefficient (Wildman–Crippen LogP) is 3.18. The van der Waals surface area contributed by atoms with Gasteiger partial charge in [-0.3, -0.25) is 9.69 Å². The molecule has 0 bridgehead atoms. The van der Waals surface area contributed by atoms with Crippen molar-refractivity contribution in [3.8, 4) is 0 Å². The Hall–Kier alpha value is -1.00. The highest BCUT2D eigenvalue weighted by Gasteiger charge is 2.11. The van der Waals surface area contributed by atoms with Gasteiger partial charge in [-0.15, -0.1) is 11.8 Å². The quantitative estimate of drug-likeness (QED) is 0.541. The number of nitrogens with zero attached hydrogens (tertiary/aromatic N) is 1. The lowest BCUT2D eigenvalue weighted by molar-refractivity contribution is -0.144. The Morgan fingerprint density at radius 2 is 1.95 bits per heavy atom. The molecule has 0 spiro atoms. The fraction of sp³-hybridized carbons (Fsp3) is 0.533. The average Bonchev–Trinajstić information content (AvgIpc) is 2.40. The minimum atomic E-state index is -0.142. The van der Waals surface area contributed by atoms with Crippen molar-refractivity contribution >= 4 is 17.7 Å². The second-order valence-corrected chi connectivity index (χ2v) is 5.24. The van der Waals surface area contributed by atoms with Crippen LogP contribution in [-0.2, 0) is 16.1 Å². The summed E-state index contributed by atoms with van der Waals surface area (Å²) in [6.07, 6.45) is 3.10. The first kappa shape index (κ1) is 16.1. The SMILES string of the molecule is CCCN(CC(=O)OCC)Cc1ccc(SC)cc1. The van der Waals surface area contributed by atoms with E-state index in [1.165, 1.54) is 10.5 Å². The molecule has 0 saturated carbocycles. The molecule has 0 aliphatic heterocycles. The maximum Gasteiger partial charge on any atom is 0.320 e. The van der Waals surface area contributed by atoms with Crippen molar-refractivity contribution in [2.75, 3.05) is 26.0 Å². The standard InChI is InChI=1S/C15H23NO2S/c1-4-10-16(12-15(17)18-5-2)11-13-6-8-14(19-3)9-7-13/h6-9H,4-5,10-12H2,1-3H3. The fourth-order valence-electron chi connectivity index (χ4n) is 1.91. The van der Waals surface area contributed by atoms with Crippen molar-refractivity contribution in [2.45, 2.75) is 31.7 Å². The molecule has 0 N–H and O–H groups in total. The molecule has 3 nitrogen and oxygen atoms in total. The second-order valence-electron chi connectivity index (χ2n) is 4.36. The number of ether oxygens (including phenoxy) is 1. The third kappa shape index (κ3) is 6.12. The molecule has 0 fully saturated rings. The van der Waals surface area contributed by atoms with E-state index in [4.69, 9.17) is 4.74 Å². The Bertz CT molecular complexity index is 378. The van der Waals surface area contributed by atoms with Crippen LogP contribution < -0.4 is 0 Å². The zero-order valence-electron chi connectivity index (χ0n) is 12.0. The summed E-state index contributed by atoms with van der Waals surface area (Å²) in [5.74, 6) is -0.142. The Kier molecular flexibility index (Phi) is 7.60. The van der Waals surface area contributed by atoms with E-state index in [1.54, 1.807) is 11.8 Å². The molecule has 0 amide bonds. The first-order chi connectivity index (χ1) is 9.19. The van der Waals surface area contributed by atoms with E-state index in [0.717, 1.165) is 19.5 Å². The van der Waals surface area contributed by atoms with Gasteiger partial charge in [-0.2, -0.15) is 0 Å². The average molecular weight is 281 g/mol. The van der Waals surface area contributed by atoms with Crippen LogP contribution in [0.3, 0.4) is 0 Å². The van der Waals surface area contributed by atoms with Gasteiger partial charge in [-0.1, -0.05) is 19.1 Å². The van der Waals surface area contributed by atoms with Gasteiger partial charge in [0.2, 0.25) is 0 Å². The summed E-state index contributed by atoms with van der Waals surface area (Å²) in [6, 6.07) is 8.49. The molecule has 0 aliphatic carbocycles. The van der Waals surface area contributed by atoms with Gasteiger partial charge in [0, 0.05) is 11.4 Å². The molecule has 0 radical (unpaired) electrons. The van der Waals surface area contributed by atoms with Gasteiger partial charge < -0.3 is 4.74 Å². The molecule has 106 valence electrons. The van der Waals surface area contributed by atoms with Crippen molar-refractivity contribution in [3.63, 3.8) is 0 Å². The van der Waals surface area contributed by atoms with Crippen molar-refractivity contribution in [2.24, 2.45) is 0 Å². The van der Waals surface area contributed by atoms with Gasteiger partial charge >= 0.3 is 5.97 Å². The number of carbonyl (C=O) groups is 1. The third-order valence-electron chi connectivity index (χ3n) is 2.76. The van der Waals surface area contributed by atoms with Crippen LogP contribution >= 0.6 is 11.8 Å². The highest BCUT2D eigenvalue weighted by Crippen LogP contribution is 2.16. The van der Waals surface area contributed by atoms with Crippen LogP contribution in [0.1, 0.15) is 25.8 Å². The van der Waals surface area contributed by atoms with E-state index in [1.807, 2.05) is 6.92 Å². The zero-order valence-corrected chi connectivity index (χ0v) is 12.8. The minimum Gasteiger partial charge on any atom is -0.465 e. The minimum absolute atomic E-state index is 0.142. The van der Waals surface area contributed by atoms with Crippen LogP contribution in [0, 0.1) is 0 Å². The molecule has 0 atom stereocenters. The van der Waals surface area contributed by atoms with Crippen LogP contribution in [-0.4, -0.2) is 36.8 Å². The molecule has 0 aliphatic rings. The van der Waals surface area contributed by atoms with E-state index < -0.39 is 0 Å². The second kappa shape index (κ2) is 8.99. The first-order valence-electron chi connectivity index (χ1n) is 6.70. The van der Waals surface area contributed by atoms with Gasteiger partial charge in [0.15, 0.2) is 0 Å². The molecule has 0 saturated heterocycles. The zero-order chi connectivity index (χ0) is 14.1. The number of rotatable bonds is 8. The maximum absolute atomic E-state index is 11.6. The van der Waals surface area contributed by atoms with Crippen molar-refractivity contribution < 1.29 is 9.53 Å². The van der Waals surface area contributed by atoms with E-state index in [-0.39, 0.29) is 5.97 Å². The normalized spacial score (nSPS) is 10.7. The lowest BCUT2D eigenvalue weighted by atomic mass is 10.2. The summed E-state index contributed by atoms with van der Waals surface area (Å²) < 4.78 is 5.01. The van der Waals surface area contributed by atoms with E-state index >= 15 is 0 Å². The highest BCUT2D eigenvalue weighted by atomic mass is 32.2. The first-order valence-corrected chi connectivity index (χ1v) is 7.93. The van der Waals surface area contributed by atoms with Crippen molar-refractivity contribution in [1.29, 1.82) is 0 Å². The largest absolute Gasteiger partial charge is 0.465 e. The van der Waals surface area contributed by atoms with Gasteiger partial charge in [0.25, 0.3) is 0 Å². The fourth-order valence-corrected chi connectivity index (χ4v) is 2.32. The van der Waals surface area contributed by atoms with Crippen LogP contribution in [0.25, 0.3) is 0 Å². The van der Waals surface area contributed by atoms with Gasteiger partial charge in [-0.05, 0) is 43.8 Å². The molecule has 4 heteroatoms. The molecule has 1 rings (SSSR count). The Labute approximate surface area is 120 Å². The summed E-state index contributed by atoms with van der Waals surface area (Å²) in [5.41, 5.74) is 1.23. The number of carbonyl (C=O) groups excluding carboxylic acids is 1. The summed E-state index contributed by atoms with van der Waals surface area (Å²) >= 11 is 1.74. The molecule has 1 aromatic carbocycles.